The highest BCUT2D eigenvalue weighted by atomic mass is 16.2. The molecule has 0 unspecified atom stereocenters. The van der Waals surface area contributed by atoms with Gasteiger partial charge in [-0.15, -0.1) is 0 Å². The van der Waals surface area contributed by atoms with Crippen LogP contribution in [0.1, 0.15) is 66.8 Å². The molecule has 1 aromatic heterocycles. The Morgan fingerprint density at radius 2 is 1.50 bits per heavy atom. The first-order valence-corrected chi connectivity index (χ1v) is 12.2. The SMILES string of the molecule is Cc1cccnc1CNC(=O)C1(NC(=O)CC(c2ccccc2)c2ccccc2)CCCCC1. The van der Waals surface area contributed by atoms with Crippen LogP contribution in [0.3, 0.4) is 0 Å². The summed E-state index contributed by atoms with van der Waals surface area (Å²) in [6, 6.07) is 24.1. The van der Waals surface area contributed by atoms with Crippen molar-refractivity contribution in [3.8, 4) is 0 Å². The Kier molecular flexibility index (Phi) is 7.73. The number of carbonyl (C=O) groups is 2. The summed E-state index contributed by atoms with van der Waals surface area (Å²) in [5.74, 6) is -0.271. The Balaban J connectivity index is 1.50. The molecule has 1 aliphatic rings. The van der Waals surface area contributed by atoms with E-state index in [1.807, 2.05) is 55.5 Å². The van der Waals surface area contributed by atoms with E-state index >= 15 is 0 Å². The lowest BCUT2D eigenvalue weighted by Crippen LogP contribution is -2.59. The second kappa shape index (κ2) is 11.1. The topological polar surface area (TPSA) is 71.1 Å². The molecule has 0 saturated heterocycles. The number of amides is 2. The Morgan fingerprint density at radius 1 is 0.882 bits per heavy atom. The van der Waals surface area contributed by atoms with Crippen LogP contribution in [-0.4, -0.2) is 22.3 Å². The molecule has 34 heavy (non-hydrogen) atoms. The molecule has 1 heterocycles. The molecule has 0 bridgehead atoms. The highest BCUT2D eigenvalue weighted by molar-refractivity contribution is 5.92. The van der Waals surface area contributed by atoms with E-state index in [4.69, 9.17) is 0 Å². The number of nitrogens with one attached hydrogen (secondary N) is 2. The zero-order valence-corrected chi connectivity index (χ0v) is 19.8. The molecule has 5 nitrogen and oxygen atoms in total. The highest BCUT2D eigenvalue weighted by Crippen LogP contribution is 2.31. The van der Waals surface area contributed by atoms with E-state index in [9.17, 15) is 9.59 Å². The molecular formula is C29H33N3O2. The van der Waals surface area contributed by atoms with Crippen molar-refractivity contribution >= 4 is 11.8 Å². The zero-order chi connectivity index (χ0) is 23.8. The van der Waals surface area contributed by atoms with Crippen LogP contribution >= 0.6 is 0 Å². The van der Waals surface area contributed by atoms with Crippen molar-refractivity contribution in [1.29, 1.82) is 0 Å². The zero-order valence-electron chi connectivity index (χ0n) is 19.8. The summed E-state index contributed by atoms with van der Waals surface area (Å²) in [6.45, 7) is 2.35. The molecular weight excluding hydrogens is 422 g/mol. The van der Waals surface area contributed by atoms with Gasteiger partial charge in [-0.3, -0.25) is 14.6 Å². The van der Waals surface area contributed by atoms with Gasteiger partial charge in [0.2, 0.25) is 11.8 Å². The third-order valence-corrected chi connectivity index (χ3v) is 6.85. The molecule has 5 heteroatoms. The predicted molar refractivity (Wildman–Crippen MR) is 134 cm³/mol. The smallest absolute Gasteiger partial charge is 0.246 e. The molecule has 1 saturated carbocycles. The molecule has 0 aliphatic heterocycles. The molecule has 0 radical (unpaired) electrons. The van der Waals surface area contributed by atoms with Gasteiger partial charge in [0.25, 0.3) is 0 Å². The van der Waals surface area contributed by atoms with Crippen LogP contribution in [0.25, 0.3) is 0 Å². The minimum Gasteiger partial charge on any atom is -0.348 e. The summed E-state index contributed by atoms with van der Waals surface area (Å²) in [4.78, 5) is 31.2. The van der Waals surface area contributed by atoms with E-state index in [0.29, 0.717) is 25.8 Å². The lowest BCUT2D eigenvalue weighted by atomic mass is 9.80. The van der Waals surface area contributed by atoms with Gasteiger partial charge in [0, 0.05) is 18.5 Å². The van der Waals surface area contributed by atoms with Gasteiger partial charge in [-0.2, -0.15) is 0 Å². The Morgan fingerprint density at radius 3 is 2.09 bits per heavy atom. The number of rotatable bonds is 8. The fourth-order valence-corrected chi connectivity index (χ4v) is 4.90. The third-order valence-electron chi connectivity index (χ3n) is 6.85. The van der Waals surface area contributed by atoms with Crippen molar-refractivity contribution in [2.45, 2.75) is 63.5 Å². The maximum Gasteiger partial charge on any atom is 0.246 e. The Bertz CT molecular complexity index is 1050. The van der Waals surface area contributed by atoms with Crippen LogP contribution in [0, 0.1) is 6.92 Å². The molecule has 1 aliphatic carbocycles. The van der Waals surface area contributed by atoms with Gasteiger partial charge >= 0.3 is 0 Å². The summed E-state index contributed by atoms with van der Waals surface area (Å²) in [5.41, 5.74) is 3.21. The molecule has 0 atom stereocenters. The Labute approximate surface area is 202 Å². The first-order valence-electron chi connectivity index (χ1n) is 12.2. The average molecular weight is 456 g/mol. The maximum absolute atomic E-state index is 13.4. The average Bonchev–Trinajstić information content (AvgIpc) is 2.88. The molecule has 0 spiro atoms. The van der Waals surface area contributed by atoms with Crippen LogP contribution in [0.2, 0.25) is 0 Å². The van der Waals surface area contributed by atoms with E-state index in [-0.39, 0.29) is 17.7 Å². The number of benzene rings is 2. The molecule has 2 aromatic carbocycles. The minimum absolute atomic E-state index is 0.0673. The van der Waals surface area contributed by atoms with Crippen LogP contribution < -0.4 is 10.6 Å². The second-order valence-electron chi connectivity index (χ2n) is 9.22. The van der Waals surface area contributed by atoms with Crippen molar-refractivity contribution in [1.82, 2.24) is 15.6 Å². The summed E-state index contributed by atoms with van der Waals surface area (Å²) in [7, 11) is 0. The second-order valence-corrected chi connectivity index (χ2v) is 9.22. The Hall–Kier alpha value is -3.47. The largest absolute Gasteiger partial charge is 0.348 e. The van der Waals surface area contributed by atoms with Crippen molar-refractivity contribution in [2.75, 3.05) is 0 Å². The molecule has 3 aromatic rings. The fourth-order valence-electron chi connectivity index (χ4n) is 4.90. The van der Waals surface area contributed by atoms with Gasteiger partial charge in [0.1, 0.15) is 5.54 Å². The van der Waals surface area contributed by atoms with E-state index in [0.717, 1.165) is 41.6 Å². The lowest BCUT2D eigenvalue weighted by molar-refractivity contribution is -0.135. The number of pyridine rings is 1. The number of hydrogen-bond donors (Lipinski definition) is 2. The highest BCUT2D eigenvalue weighted by Gasteiger charge is 2.41. The third kappa shape index (κ3) is 5.71. The molecule has 2 amide bonds. The van der Waals surface area contributed by atoms with Gasteiger partial charge in [0.15, 0.2) is 0 Å². The van der Waals surface area contributed by atoms with Crippen LogP contribution in [-0.2, 0) is 16.1 Å². The van der Waals surface area contributed by atoms with Gasteiger partial charge < -0.3 is 10.6 Å². The monoisotopic (exact) mass is 455 g/mol. The molecule has 176 valence electrons. The number of aromatic nitrogens is 1. The number of aryl methyl sites for hydroxylation is 1. The van der Waals surface area contributed by atoms with Crippen LogP contribution in [0.4, 0.5) is 0 Å². The first-order chi connectivity index (χ1) is 16.6. The summed E-state index contributed by atoms with van der Waals surface area (Å²) in [5, 5.41) is 6.24. The van der Waals surface area contributed by atoms with Crippen LogP contribution in [0.15, 0.2) is 79.0 Å². The van der Waals surface area contributed by atoms with E-state index < -0.39 is 5.54 Å². The number of hydrogen-bond acceptors (Lipinski definition) is 3. The summed E-state index contributed by atoms with van der Waals surface area (Å²) >= 11 is 0. The molecule has 4 rings (SSSR count). The van der Waals surface area contributed by atoms with Crippen molar-refractivity contribution in [3.05, 3.63) is 101 Å². The summed E-state index contributed by atoms with van der Waals surface area (Å²) < 4.78 is 0. The van der Waals surface area contributed by atoms with Crippen molar-refractivity contribution in [2.24, 2.45) is 0 Å². The van der Waals surface area contributed by atoms with E-state index in [1.165, 1.54) is 0 Å². The number of carbonyl (C=O) groups excluding carboxylic acids is 2. The molecule has 2 N–H and O–H groups in total. The quantitative estimate of drug-likeness (QED) is 0.499. The van der Waals surface area contributed by atoms with Gasteiger partial charge in [-0.1, -0.05) is 86.0 Å². The number of nitrogens with zero attached hydrogens (tertiary/aromatic N) is 1. The van der Waals surface area contributed by atoms with Gasteiger partial charge in [-0.05, 0) is 42.5 Å². The summed E-state index contributed by atoms with van der Waals surface area (Å²) in [6.07, 6.45) is 6.29. The predicted octanol–water partition coefficient (Wildman–Crippen LogP) is 5.05. The van der Waals surface area contributed by atoms with Gasteiger partial charge in [-0.25, -0.2) is 0 Å². The fraction of sp³-hybridized carbons (Fsp3) is 0.345. The minimum atomic E-state index is -0.865. The van der Waals surface area contributed by atoms with Crippen LogP contribution in [0.5, 0.6) is 0 Å². The van der Waals surface area contributed by atoms with E-state index in [2.05, 4.69) is 39.9 Å². The van der Waals surface area contributed by atoms with Crippen molar-refractivity contribution in [3.63, 3.8) is 0 Å². The van der Waals surface area contributed by atoms with Gasteiger partial charge in [0.05, 0.1) is 12.2 Å². The first kappa shape index (κ1) is 23.7. The van der Waals surface area contributed by atoms with Crippen molar-refractivity contribution < 1.29 is 9.59 Å². The van der Waals surface area contributed by atoms with E-state index in [1.54, 1.807) is 6.20 Å². The lowest BCUT2D eigenvalue weighted by Gasteiger charge is -2.37. The maximum atomic E-state index is 13.4. The normalized spacial score (nSPS) is 15.0. The molecule has 1 fully saturated rings. The standard InChI is InChI=1S/C29H33N3O2/c1-22-12-11-19-30-26(22)21-31-28(34)29(17-9-4-10-18-29)32-27(33)20-25(23-13-5-2-6-14-23)24-15-7-3-8-16-24/h2-3,5-8,11-16,19,25H,4,9-10,17-18,20-21H2,1H3,(H,31,34)(H,32,33).